The molecule has 1 aromatic rings. The highest BCUT2D eigenvalue weighted by atomic mass is 35.5. The molecule has 1 aliphatic rings. The number of halogens is 1. The molecule has 0 saturated carbocycles. The molecule has 1 aromatic carbocycles. The van der Waals surface area contributed by atoms with Gasteiger partial charge in [-0.3, -0.25) is 0 Å². The third kappa shape index (κ3) is 4.61. The van der Waals surface area contributed by atoms with Crippen LogP contribution in [0.4, 0.5) is 5.69 Å². The van der Waals surface area contributed by atoms with Gasteiger partial charge in [-0.25, -0.2) is 0 Å². The zero-order chi connectivity index (χ0) is 16.0. The first kappa shape index (κ1) is 17.1. The quantitative estimate of drug-likeness (QED) is 0.739. The lowest BCUT2D eigenvalue weighted by Crippen LogP contribution is -2.35. The molecule has 1 aliphatic heterocycles. The maximum absolute atomic E-state index is 12.1. The highest BCUT2D eigenvalue weighted by molar-refractivity contribution is 7.90. The second-order valence-corrected chi connectivity index (χ2v) is 7.38. The molecule has 0 amide bonds. The average Bonchev–Trinajstić information content (AvgIpc) is 2.45. The van der Waals surface area contributed by atoms with Crippen molar-refractivity contribution in [2.24, 2.45) is 4.40 Å². The van der Waals surface area contributed by atoms with Crippen molar-refractivity contribution >= 4 is 33.3 Å². The van der Waals surface area contributed by atoms with Crippen molar-refractivity contribution < 1.29 is 8.42 Å². The highest BCUT2D eigenvalue weighted by Crippen LogP contribution is 2.29. The molecule has 122 valence electrons. The Morgan fingerprint density at radius 2 is 1.91 bits per heavy atom. The minimum absolute atomic E-state index is 0.155. The van der Waals surface area contributed by atoms with E-state index in [1.807, 2.05) is 0 Å². The minimum Gasteiger partial charge on any atom is -0.355 e. The summed E-state index contributed by atoms with van der Waals surface area (Å²) in [7, 11) is -3.66. The summed E-state index contributed by atoms with van der Waals surface area (Å²) in [4.78, 5) is 0.155. The molecule has 5 nitrogen and oxygen atoms in total. The van der Waals surface area contributed by atoms with Crippen molar-refractivity contribution in [2.75, 3.05) is 11.9 Å². The Kier molecular flexibility index (Phi) is 6.08. The first-order valence-electron chi connectivity index (χ1n) is 7.68. The number of hydrogen-bond donors (Lipinski definition) is 2. The predicted octanol–water partition coefficient (Wildman–Crippen LogP) is 3.76. The van der Waals surface area contributed by atoms with Gasteiger partial charge in [0.25, 0.3) is 10.0 Å². The van der Waals surface area contributed by atoms with E-state index in [0.29, 0.717) is 17.3 Å². The molecule has 2 N–H and O–H groups in total. The molecular weight excluding hydrogens is 322 g/mol. The van der Waals surface area contributed by atoms with Gasteiger partial charge in [-0.05, 0) is 24.6 Å². The zero-order valence-electron chi connectivity index (χ0n) is 12.7. The summed E-state index contributed by atoms with van der Waals surface area (Å²) in [6.45, 7) is 2.89. The standard InChI is InChI=1S/C15H22ClN3O2S/c1-2-3-4-5-6-7-10-17-15-18-13-11-12(16)8-9-14(13)22(20,21)19-15/h8-9,11H,2-7,10H2,1H3,(H2,17,18,19). The number of rotatable bonds is 7. The second-order valence-electron chi connectivity index (χ2n) is 5.37. The van der Waals surface area contributed by atoms with E-state index in [0.717, 1.165) is 12.8 Å². The fraction of sp³-hybridized carbons (Fsp3) is 0.533. The third-order valence-corrected chi connectivity index (χ3v) is 5.08. The number of hydrogen-bond acceptors (Lipinski definition) is 4. The van der Waals surface area contributed by atoms with E-state index < -0.39 is 10.0 Å². The monoisotopic (exact) mass is 343 g/mol. The van der Waals surface area contributed by atoms with Crippen LogP contribution in [0, 0.1) is 0 Å². The third-order valence-electron chi connectivity index (χ3n) is 3.51. The molecule has 0 bridgehead atoms. The van der Waals surface area contributed by atoms with Crippen LogP contribution in [0.15, 0.2) is 27.5 Å². The molecule has 0 aliphatic carbocycles. The number of nitrogens with one attached hydrogen (secondary N) is 2. The van der Waals surface area contributed by atoms with Gasteiger partial charge < -0.3 is 10.6 Å². The zero-order valence-corrected chi connectivity index (χ0v) is 14.3. The normalized spacial score (nSPS) is 15.6. The van der Waals surface area contributed by atoms with Crippen LogP contribution in [0.2, 0.25) is 5.02 Å². The molecule has 0 fully saturated rings. The van der Waals surface area contributed by atoms with Gasteiger partial charge in [0, 0.05) is 11.6 Å². The number of nitrogens with zero attached hydrogens (tertiary/aromatic N) is 1. The number of sulfonamides is 1. The molecule has 0 atom stereocenters. The van der Waals surface area contributed by atoms with Gasteiger partial charge >= 0.3 is 0 Å². The number of anilines is 1. The first-order valence-corrected chi connectivity index (χ1v) is 9.50. The van der Waals surface area contributed by atoms with Crippen LogP contribution in [0.1, 0.15) is 45.4 Å². The van der Waals surface area contributed by atoms with Crippen LogP contribution in [0.25, 0.3) is 0 Å². The van der Waals surface area contributed by atoms with Gasteiger partial charge in [0.1, 0.15) is 4.90 Å². The molecule has 2 rings (SSSR count). The van der Waals surface area contributed by atoms with Crippen molar-refractivity contribution in [2.45, 2.75) is 50.3 Å². The fourth-order valence-electron chi connectivity index (χ4n) is 2.33. The Bertz CT molecular complexity index is 644. The molecule has 22 heavy (non-hydrogen) atoms. The van der Waals surface area contributed by atoms with Crippen LogP contribution in [0.3, 0.4) is 0 Å². The maximum atomic E-state index is 12.1. The van der Waals surface area contributed by atoms with Crippen molar-refractivity contribution in [1.82, 2.24) is 5.32 Å². The average molecular weight is 344 g/mol. The largest absolute Gasteiger partial charge is 0.355 e. The van der Waals surface area contributed by atoms with E-state index in [1.54, 1.807) is 12.1 Å². The molecular formula is C15H22ClN3O2S. The SMILES string of the molecule is CCCCCCCCNC1=NS(=O)(=O)c2ccc(Cl)cc2N1. The number of unbranched alkanes of at least 4 members (excludes halogenated alkanes) is 5. The van der Waals surface area contributed by atoms with Crippen LogP contribution in [0.5, 0.6) is 0 Å². The number of guanidine groups is 1. The van der Waals surface area contributed by atoms with E-state index in [9.17, 15) is 8.42 Å². The van der Waals surface area contributed by atoms with E-state index in [4.69, 9.17) is 11.6 Å². The topological polar surface area (TPSA) is 70.6 Å². The van der Waals surface area contributed by atoms with Gasteiger partial charge in [0.05, 0.1) is 5.69 Å². The Morgan fingerprint density at radius 3 is 2.68 bits per heavy atom. The maximum Gasteiger partial charge on any atom is 0.287 e. The summed E-state index contributed by atoms with van der Waals surface area (Å²) < 4.78 is 27.9. The van der Waals surface area contributed by atoms with Gasteiger partial charge in [0.15, 0.2) is 0 Å². The molecule has 0 radical (unpaired) electrons. The van der Waals surface area contributed by atoms with Crippen LogP contribution < -0.4 is 10.6 Å². The summed E-state index contributed by atoms with van der Waals surface area (Å²) in [5.41, 5.74) is 0.466. The van der Waals surface area contributed by atoms with Crippen LogP contribution >= 0.6 is 11.6 Å². The lowest BCUT2D eigenvalue weighted by molar-refractivity contribution is 0.595. The molecule has 1 heterocycles. The molecule has 7 heteroatoms. The highest BCUT2D eigenvalue weighted by Gasteiger charge is 2.24. The van der Waals surface area contributed by atoms with E-state index in [2.05, 4.69) is 22.0 Å². The van der Waals surface area contributed by atoms with Crippen molar-refractivity contribution in [3.63, 3.8) is 0 Å². The molecule has 0 spiro atoms. The number of fused-ring (bicyclic) bond motifs is 1. The summed E-state index contributed by atoms with van der Waals surface area (Å²) >= 11 is 5.91. The van der Waals surface area contributed by atoms with Gasteiger partial charge in [-0.15, -0.1) is 4.40 Å². The van der Waals surface area contributed by atoms with Gasteiger partial charge in [-0.2, -0.15) is 8.42 Å². The lowest BCUT2D eigenvalue weighted by atomic mass is 10.1. The summed E-state index contributed by atoms with van der Waals surface area (Å²) in [5, 5.41) is 6.51. The fourth-order valence-corrected chi connectivity index (χ4v) is 3.58. The van der Waals surface area contributed by atoms with Crippen molar-refractivity contribution in [3.05, 3.63) is 23.2 Å². The Labute approximate surface area is 137 Å². The van der Waals surface area contributed by atoms with E-state index >= 15 is 0 Å². The smallest absolute Gasteiger partial charge is 0.287 e. The molecule has 0 saturated heterocycles. The van der Waals surface area contributed by atoms with Crippen LogP contribution in [-0.2, 0) is 10.0 Å². The molecule has 0 aromatic heterocycles. The predicted molar refractivity (Wildman–Crippen MR) is 91.1 cm³/mol. The molecule has 0 unspecified atom stereocenters. The van der Waals surface area contributed by atoms with Crippen LogP contribution in [-0.4, -0.2) is 20.9 Å². The first-order chi connectivity index (χ1) is 10.5. The van der Waals surface area contributed by atoms with Crippen molar-refractivity contribution in [1.29, 1.82) is 0 Å². The minimum atomic E-state index is -3.66. The lowest BCUT2D eigenvalue weighted by Gasteiger charge is -2.19. The Morgan fingerprint density at radius 1 is 1.18 bits per heavy atom. The van der Waals surface area contributed by atoms with Gasteiger partial charge in [-0.1, -0.05) is 50.6 Å². The summed E-state index contributed by atoms with van der Waals surface area (Å²) in [6.07, 6.45) is 7.11. The van der Waals surface area contributed by atoms with E-state index in [1.165, 1.54) is 31.7 Å². The van der Waals surface area contributed by atoms with E-state index in [-0.39, 0.29) is 10.9 Å². The van der Waals surface area contributed by atoms with Crippen molar-refractivity contribution in [3.8, 4) is 0 Å². The number of benzene rings is 1. The summed E-state index contributed by atoms with van der Waals surface area (Å²) in [6, 6.07) is 4.60. The van der Waals surface area contributed by atoms with Gasteiger partial charge in [0.2, 0.25) is 5.96 Å². The Hall–Kier alpha value is -1.27. The second kappa shape index (κ2) is 7.83. The Balaban J connectivity index is 1.87. The summed E-state index contributed by atoms with van der Waals surface area (Å²) in [5.74, 6) is 0.267.